The Morgan fingerprint density at radius 2 is 2.19 bits per heavy atom. The van der Waals surface area contributed by atoms with Gasteiger partial charge in [0.1, 0.15) is 5.69 Å². The molecule has 0 aliphatic carbocycles. The van der Waals surface area contributed by atoms with Gasteiger partial charge in [-0.05, 0) is 13.0 Å². The summed E-state index contributed by atoms with van der Waals surface area (Å²) >= 11 is 0. The lowest BCUT2D eigenvalue weighted by Gasteiger charge is -2.14. The van der Waals surface area contributed by atoms with Crippen LogP contribution in [0, 0.1) is 0 Å². The van der Waals surface area contributed by atoms with Crippen molar-refractivity contribution in [2.24, 2.45) is 7.05 Å². The fraction of sp³-hybridized carbons (Fsp3) is 0.357. The molecule has 2 N–H and O–H groups in total. The van der Waals surface area contributed by atoms with Gasteiger partial charge in [0.15, 0.2) is 11.8 Å². The van der Waals surface area contributed by atoms with Crippen molar-refractivity contribution in [1.29, 1.82) is 0 Å². The Balaban J connectivity index is 2.79. The van der Waals surface area contributed by atoms with E-state index in [4.69, 9.17) is 9.84 Å². The molecule has 0 spiro atoms. The van der Waals surface area contributed by atoms with Crippen molar-refractivity contribution in [2.75, 3.05) is 13.2 Å². The molecule has 0 saturated carbocycles. The number of rotatable bonds is 8. The Hall–Kier alpha value is -2.41. The average Bonchev–Trinajstić information content (AvgIpc) is 2.80. The van der Waals surface area contributed by atoms with Gasteiger partial charge < -0.3 is 19.7 Å². The smallest absolute Gasteiger partial charge is 0.328 e. The van der Waals surface area contributed by atoms with Crippen molar-refractivity contribution in [1.82, 2.24) is 9.88 Å². The number of hydrogen-bond donors (Lipinski definition) is 2. The van der Waals surface area contributed by atoms with E-state index < -0.39 is 17.9 Å². The molecule has 1 rings (SSSR count). The lowest BCUT2D eigenvalue weighted by atomic mass is 10.2. The van der Waals surface area contributed by atoms with E-state index in [1.54, 1.807) is 7.05 Å². The van der Waals surface area contributed by atoms with Crippen LogP contribution in [0.2, 0.25) is 0 Å². The first-order chi connectivity index (χ1) is 9.86. The Morgan fingerprint density at radius 3 is 2.67 bits per heavy atom. The zero-order valence-corrected chi connectivity index (χ0v) is 12.0. The van der Waals surface area contributed by atoms with E-state index in [1.165, 1.54) is 29.8 Å². The first-order valence-electron chi connectivity index (χ1n) is 6.26. The van der Waals surface area contributed by atoms with Gasteiger partial charge in [0.05, 0.1) is 13.2 Å². The van der Waals surface area contributed by atoms with Gasteiger partial charge in [0, 0.05) is 18.8 Å². The highest BCUT2D eigenvalue weighted by Crippen LogP contribution is 2.08. The van der Waals surface area contributed by atoms with E-state index in [9.17, 15) is 14.4 Å². The molecule has 1 heterocycles. The van der Waals surface area contributed by atoms with Crippen molar-refractivity contribution in [3.63, 3.8) is 0 Å². The number of carboxylic acid groups (broad SMARTS) is 1. The molecule has 7 heteroatoms. The van der Waals surface area contributed by atoms with Crippen LogP contribution in [0.25, 0.3) is 0 Å². The molecule has 1 aromatic rings. The number of nitrogens with zero attached hydrogens (tertiary/aromatic N) is 1. The normalized spacial score (nSPS) is 11.7. The van der Waals surface area contributed by atoms with Crippen LogP contribution in [0.15, 0.2) is 24.9 Å². The van der Waals surface area contributed by atoms with E-state index in [2.05, 4.69) is 11.9 Å². The summed E-state index contributed by atoms with van der Waals surface area (Å²) in [5, 5.41) is 11.4. The molecule has 1 atom stereocenters. The van der Waals surface area contributed by atoms with Gasteiger partial charge in [-0.15, -0.1) is 6.58 Å². The third kappa shape index (κ3) is 4.57. The maximum absolute atomic E-state index is 12.1. The van der Waals surface area contributed by atoms with E-state index in [-0.39, 0.29) is 24.7 Å². The van der Waals surface area contributed by atoms with Crippen LogP contribution in [0.3, 0.4) is 0 Å². The highest BCUT2D eigenvalue weighted by atomic mass is 16.5. The zero-order valence-electron chi connectivity index (χ0n) is 12.0. The van der Waals surface area contributed by atoms with Gasteiger partial charge in [0.25, 0.3) is 5.91 Å². The van der Waals surface area contributed by atoms with Crippen molar-refractivity contribution >= 4 is 17.7 Å². The lowest BCUT2D eigenvalue weighted by molar-refractivity contribution is -0.140. The molecule has 1 aromatic heterocycles. The number of carbonyl (C=O) groups is 3. The number of carboxylic acids is 1. The van der Waals surface area contributed by atoms with Gasteiger partial charge >= 0.3 is 5.97 Å². The van der Waals surface area contributed by atoms with Crippen LogP contribution in [0.4, 0.5) is 0 Å². The summed E-state index contributed by atoms with van der Waals surface area (Å²) in [7, 11) is 1.60. The minimum atomic E-state index is -1.20. The summed E-state index contributed by atoms with van der Waals surface area (Å²) < 4.78 is 6.51. The maximum Gasteiger partial charge on any atom is 0.328 e. The molecule has 0 radical (unpaired) electrons. The molecular formula is C14H18N2O5. The van der Waals surface area contributed by atoms with Crippen LogP contribution >= 0.6 is 0 Å². The highest BCUT2D eigenvalue weighted by molar-refractivity contribution is 6.00. The molecule has 0 bridgehead atoms. The first kappa shape index (κ1) is 16.6. The van der Waals surface area contributed by atoms with Crippen molar-refractivity contribution < 1.29 is 24.2 Å². The fourth-order valence-corrected chi connectivity index (χ4v) is 1.66. The second-order valence-corrected chi connectivity index (χ2v) is 4.47. The van der Waals surface area contributed by atoms with Gasteiger partial charge in [-0.25, -0.2) is 4.79 Å². The number of nitrogens with one attached hydrogen (secondary N) is 1. The van der Waals surface area contributed by atoms with Crippen LogP contribution in [-0.4, -0.2) is 46.6 Å². The third-order valence-corrected chi connectivity index (χ3v) is 2.77. The summed E-state index contributed by atoms with van der Waals surface area (Å²) in [6.45, 7) is 4.86. The number of carbonyl (C=O) groups excluding carboxylic acids is 2. The molecular weight excluding hydrogens is 276 g/mol. The predicted molar refractivity (Wildman–Crippen MR) is 75.3 cm³/mol. The fourth-order valence-electron chi connectivity index (χ4n) is 1.66. The molecule has 0 aliphatic rings. The number of aliphatic carboxylic acids is 1. The monoisotopic (exact) mass is 294 g/mol. The van der Waals surface area contributed by atoms with Gasteiger partial charge in [0.2, 0.25) is 0 Å². The van der Waals surface area contributed by atoms with Crippen LogP contribution < -0.4 is 5.32 Å². The number of ether oxygens (including phenoxy) is 1. The molecule has 0 aromatic carbocycles. The molecule has 0 fully saturated rings. The zero-order chi connectivity index (χ0) is 16.0. The molecule has 7 nitrogen and oxygen atoms in total. The minimum Gasteiger partial charge on any atom is -0.480 e. The van der Waals surface area contributed by atoms with E-state index in [1.807, 2.05) is 0 Å². The van der Waals surface area contributed by atoms with E-state index in [0.717, 1.165) is 0 Å². The summed E-state index contributed by atoms with van der Waals surface area (Å²) in [5.74, 6) is -1.96. The largest absolute Gasteiger partial charge is 0.480 e. The quantitative estimate of drug-likeness (QED) is 0.416. The number of amides is 1. The number of ketones is 1. The van der Waals surface area contributed by atoms with Crippen molar-refractivity contribution in [2.45, 2.75) is 13.0 Å². The van der Waals surface area contributed by atoms with Crippen molar-refractivity contribution in [3.05, 3.63) is 36.2 Å². The second-order valence-electron chi connectivity index (χ2n) is 4.47. The molecule has 114 valence electrons. The third-order valence-electron chi connectivity index (χ3n) is 2.77. The standard InChI is InChI=1S/C14H18N2O5/c1-4-5-21-8-11(14(19)20)15-13(18)12-6-10(9(2)17)7-16(12)3/h4,6-7,11H,1,5,8H2,2-3H3,(H,15,18)(H,19,20). The van der Waals surface area contributed by atoms with Gasteiger partial charge in [-0.2, -0.15) is 0 Å². The minimum absolute atomic E-state index is 0.170. The Morgan fingerprint density at radius 1 is 1.52 bits per heavy atom. The lowest BCUT2D eigenvalue weighted by Crippen LogP contribution is -2.44. The van der Waals surface area contributed by atoms with Crippen LogP contribution in [-0.2, 0) is 16.6 Å². The molecule has 0 saturated heterocycles. The SMILES string of the molecule is C=CCOCC(NC(=O)c1cc(C(C)=O)cn1C)C(=O)O. The molecule has 21 heavy (non-hydrogen) atoms. The van der Waals surface area contributed by atoms with E-state index in [0.29, 0.717) is 5.56 Å². The summed E-state index contributed by atoms with van der Waals surface area (Å²) in [6.07, 6.45) is 3.00. The first-order valence-corrected chi connectivity index (χ1v) is 6.26. The molecule has 0 aliphatic heterocycles. The molecule has 1 amide bonds. The average molecular weight is 294 g/mol. The Labute approximate surface area is 122 Å². The highest BCUT2D eigenvalue weighted by Gasteiger charge is 2.22. The second kappa shape index (κ2) is 7.39. The predicted octanol–water partition coefficient (Wildman–Crippen LogP) is 0.613. The van der Waals surface area contributed by atoms with Gasteiger partial charge in [-0.1, -0.05) is 6.08 Å². The number of hydrogen-bond acceptors (Lipinski definition) is 4. The summed E-state index contributed by atoms with van der Waals surface area (Å²) in [6, 6.07) is 0.245. The van der Waals surface area contributed by atoms with Gasteiger partial charge in [-0.3, -0.25) is 9.59 Å². The summed E-state index contributed by atoms with van der Waals surface area (Å²) in [4.78, 5) is 34.4. The summed E-state index contributed by atoms with van der Waals surface area (Å²) in [5.41, 5.74) is 0.590. The number of aryl methyl sites for hydroxylation is 1. The number of aromatic nitrogens is 1. The van der Waals surface area contributed by atoms with Crippen LogP contribution in [0.5, 0.6) is 0 Å². The van der Waals surface area contributed by atoms with Crippen LogP contribution in [0.1, 0.15) is 27.8 Å². The topological polar surface area (TPSA) is 97.6 Å². The Bertz CT molecular complexity index is 562. The van der Waals surface area contributed by atoms with E-state index >= 15 is 0 Å². The number of Topliss-reactive ketones (excluding diaryl/α,β-unsaturated/α-hetero) is 1. The molecule has 1 unspecified atom stereocenters. The maximum atomic E-state index is 12.1. The Kier molecular flexibility index (Phi) is 5.86. The van der Waals surface area contributed by atoms with Crippen molar-refractivity contribution in [3.8, 4) is 0 Å².